The normalized spacial score (nSPS) is 23.3. The highest BCUT2D eigenvalue weighted by atomic mass is 16.2. The second kappa shape index (κ2) is 6.83. The van der Waals surface area contributed by atoms with Gasteiger partial charge in [-0.05, 0) is 57.7 Å². The van der Waals surface area contributed by atoms with Crippen molar-refractivity contribution >= 4 is 16.7 Å². The molecule has 1 aromatic heterocycles. The monoisotopic (exact) mass is 354 g/mol. The predicted octanol–water partition coefficient (Wildman–Crippen LogP) is 2.05. The maximum atomic E-state index is 13.3. The van der Waals surface area contributed by atoms with E-state index < -0.39 is 0 Å². The number of nitrogens with zero attached hydrogens (tertiary/aromatic N) is 3. The van der Waals surface area contributed by atoms with Gasteiger partial charge in [0.2, 0.25) is 0 Å². The number of carbonyl (C=O) groups is 1. The van der Waals surface area contributed by atoms with Gasteiger partial charge in [-0.25, -0.2) is 4.68 Å². The maximum absolute atomic E-state index is 13.3. The Kier molecular flexibility index (Phi) is 4.53. The summed E-state index contributed by atoms with van der Waals surface area (Å²) >= 11 is 0. The molecule has 2 atom stereocenters. The van der Waals surface area contributed by atoms with Gasteiger partial charge in [-0.3, -0.25) is 9.59 Å². The van der Waals surface area contributed by atoms with Crippen LogP contribution in [0.2, 0.25) is 0 Å². The van der Waals surface area contributed by atoms with Gasteiger partial charge in [-0.2, -0.15) is 5.10 Å². The summed E-state index contributed by atoms with van der Waals surface area (Å²) in [6.07, 6.45) is 2.07. The first kappa shape index (κ1) is 17.2. The van der Waals surface area contributed by atoms with Gasteiger partial charge in [0.05, 0.1) is 11.4 Å². The van der Waals surface area contributed by atoms with E-state index in [1.54, 1.807) is 6.07 Å². The summed E-state index contributed by atoms with van der Waals surface area (Å²) in [5.74, 6) is 1.28. The van der Waals surface area contributed by atoms with Gasteiger partial charge in [0.15, 0.2) is 5.69 Å². The highest BCUT2D eigenvalue weighted by molar-refractivity contribution is 6.04. The number of hydrogen-bond donors (Lipinski definition) is 1. The minimum absolute atomic E-state index is 0.0523. The highest BCUT2D eigenvalue weighted by Crippen LogP contribution is 2.28. The second-order valence-electron chi connectivity index (χ2n) is 7.79. The van der Waals surface area contributed by atoms with Gasteiger partial charge < -0.3 is 10.2 Å². The summed E-state index contributed by atoms with van der Waals surface area (Å²) in [5, 5.41) is 9.17. The topological polar surface area (TPSA) is 67.2 Å². The number of nitrogens with one attached hydrogen (secondary N) is 1. The number of aromatic nitrogens is 2. The number of benzene rings is 1. The first-order valence-corrected chi connectivity index (χ1v) is 9.58. The third-order valence-corrected chi connectivity index (χ3v) is 5.83. The summed E-state index contributed by atoms with van der Waals surface area (Å²) in [7, 11) is 0. The van der Waals surface area contributed by atoms with Crippen molar-refractivity contribution in [2.75, 3.05) is 26.2 Å². The SMILES string of the molecule is CC(C)n1nc(C(=O)N2CC[C@@H]3CNC[C@@H]3CC2)c2ccccc2c1=O. The Labute approximate surface area is 153 Å². The average molecular weight is 354 g/mol. The summed E-state index contributed by atoms with van der Waals surface area (Å²) in [5.41, 5.74) is 0.266. The minimum atomic E-state index is -0.136. The minimum Gasteiger partial charge on any atom is -0.337 e. The molecule has 2 aromatic rings. The summed E-state index contributed by atoms with van der Waals surface area (Å²) in [6.45, 7) is 7.48. The van der Waals surface area contributed by atoms with Gasteiger partial charge in [0.25, 0.3) is 11.5 Å². The molecule has 26 heavy (non-hydrogen) atoms. The van der Waals surface area contributed by atoms with Crippen LogP contribution < -0.4 is 10.9 Å². The predicted molar refractivity (Wildman–Crippen MR) is 101 cm³/mol. The van der Waals surface area contributed by atoms with E-state index in [1.807, 2.05) is 36.9 Å². The molecule has 0 radical (unpaired) electrons. The van der Waals surface area contributed by atoms with Gasteiger partial charge in [0, 0.05) is 18.5 Å². The number of amides is 1. The van der Waals surface area contributed by atoms with Crippen LogP contribution in [-0.4, -0.2) is 46.8 Å². The average Bonchev–Trinajstić information content (AvgIpc) is 3.00. The number of likely N-dealkylation sites (tertiary alicyclic amines) is 1. The van der Waals surface area contributed by atoms with E-state index in [4.69, 9.17) is 0 Å². The van der Waals surface area contributed by atoms with E-state index >= 15 is 0 Å². The Balaban J connectivity index is 1.72. The molecule has 2 fully saturated rings. The molecule has 4 rings (SSSR count). The lowest BCUT2D eigenvalue weighted by Gasteiger charge is -2.22. The molecule has 2 aliphatic rings. The van der Waals surface area contributed by atoms with Crippen molar-refractivity contribution in [2.24, 2.45) is 11.8 Å². The van der Waals surface area contributed by atoms with Gasteiger partial charge in [0.1, 0.15) is 0 Å². The molecular weight excluding hydrogens is 328 g/mol. The quantitative estimate of drug-likeness (QED) is 0.896. The summed E-state index contributed by atoms with van der Waals surface area (Å²) in [4.78, 5) is 27.9. The molecule has 2 aliphatic heterocycles. The first-order chi connectivity index (χ1) is 12.6. The van der Waals surface area contributed by atoms with Crippen molar-refractivity contribution in [1.82, 2.24) is 20.0 Å². The first-order valence-electron chi connectivity index (χ1n) is 9.58. The van der Waals surface area contributed by atoms with Crippen LogP contribution in [0.15, 0.2) is 29.1 Å². The fraction of sp³-hybridized carbons (Fsp3) is 0.550. The van der Waals surface area contributed by atoms with E-state index in [-0.39, 0.29) is 17.5 Å². The van der Waals surface area contributed by atoms with Crippen LogP contribution >= 0.6 is 0 Å². The molecule has 0 aliphatic carbocycles. The Hall–Kier alpha value is -2.21. The van der Waals surface area contributed by atoms with Gasteiger partial charge >= 0.3 is 0 Å². The largest absolute Gasteiger partial charge is 0.337 e. The molecule has 0 unspecified atom stereocenters. The number of carbonyl (C=O) groups excluding carboxylic acids is 1. The van der Waals surface area contributed by atoms with Crippen LogP contribution in [0.5, 0.6) is 0 Å². The van der Waals surface area contributed by atoms with Crippen molar-refractivity contribution in [3.05, 3.63) is 40.3 Å². The van der Waals surface area contributed by atoms with Gasteiger partial charge in [-0.1, -0.05) is 18.2 Å². The zero-order valence-corrected chi connectivity index (χ0v) is 15.4. The third kappa shape index (κ3) is 2.92. The number of hydrogen-bond acceptors (Lipinski definition) is 4. The van der Waals surface area contributed by atoms with Crippen molar-refractivity contribution < 1.29 is 4.79 Å². The van der Waals surface area contributed by atoms with Crippen LogP contribution in [0.4, 0.5) is 0 Å². The zero-order valence-electron chi connectivity index (χ0n) is 15.4. The Morgan fingerprint density at radius 2 is 1.73 bits per heavy atom. The van der Waals surface area contributed by atoms with Crippen molar-refractivity contribution in [1.29, 1.82) is 0 Å². The van der Waals surface area contributed by atoms with Crippen LogP contribution in [0.25, 0.3) is 10.8 Å². The van der Waals surface area contributed by atoms with Crippen LogP contribution in [0.1, 0.15) is 43.2 Å². The fourth-order valence-electron chi connectivity index (χ4n) is 4.29. The molecule has 1 aromatic carbocycles. The van der Waals surface area contributed by atoms with Crippen LogP contribution in [0.3, 0.4) is 0 Å². The maximum Gasteiger partial charge on any atom is 0.274 e. The van der Waals surface area contributed by atoms with Crippen molar-refractivity contribution in [3.8, 4) is 0 Å². The molecule has 1 amide bonds. The van der Waals surface area contributed by atoms with Crippen molar-refractivity contribution in [3.63, 3.8) is 0 Å². The van der Waals surface area contributed by atoms with E-state index in [9.17, 15) is 9.59 Å². The van der Waals surface area contributed by atoms with E-state index in [0.717, 1.165) is 39.0 Å². The number of rotatable bonds is 2. The Morgan fingerprint density at radius 3 is 2.35 bits per heavy atom. The lowest BCUT2D eigenvalue weighted by Crippen LogP contribution is -2.36. The standard InChI is InChI=1S/C20H26N4O2/c1-13(2)24-19(25)17-6-4-3-5-16(17)18(22-24)20(26)23-9-7-14-11-21-12-15(14)8-10-23/h3-6,13-15,21H,7-12H2,1-2H3/t14-,15+. The van der Waals surface area contributed by atoms with Gasteiger partial charge in [-0.15, -0.1) is 0 Å². The van der Waals surface area contributed by atoms with E-state index in [0.29, 0.717) is 28.3 Å². The molecule has 2 saturated heterocycles. The lowest BCUT2D eigenvalue weighted by atomic mass is 9.92. The van der Waals surface area contributed by atoms with Crippen LogP contribution in [-0.2, 0) is 0 Å². The van der Waals surface area contributed by atoms with E-state index in [2.05, 4.69) is 10.4 Å². The summed E-state index contributed by atoms with van der Waals surface area (Å²) in [6, 6.07) is 7.22. The lowest BCUT2D eigenvalue weighted by molar-refractivity contribution is 0.0752. The third-order valence-electron chi connectivity index (χ3n) is 5.83. The second-order valence-corrected chi connectivity index (χ2v) is 7.79. The zero-order chi connectivity index (χ0) is 18.3. The molecule has 138 valence electrons. The molecule has 6 heteroatoms. The molecule has 0 saturated carbocycles. The summed E-state index contributed by atoms with van der Waals surface area (Å²) < 4.78 is 1.44. The van der Waals surface area contributed by atoms with Crippen molar-refractivity contribution in [2.45, 2.75) is 32.7 Å². The molecule has 0 spiro atoms. The molecule has 3 heterocycles. The fourth-order valence-corrected chi connectivity index (χ4v) is 4.29. The van der Waals surface area contributed by atoms with E-state index in [1.165, 1.54) is 4.68 Å². The molecule has 6 nitrogen and oxygen atoms in total. The Morgan fingerprint density at radius 1 is 1.12 bits per heavy atom. The molecule has 1 N–H and O–H groups in total. The molecule has 0 bridgehead atoms. The van der Waals surface area contributed by atoms with Crippen LogP contribution in [0, 0.1) is 11.8 Å². The Bertz CT molecular complexity index is 875. The molecular formula is C20H26N4O2. The smallest absolute Gasteiger partial charge is 0.274 e. The highest BCUT2D eigenvalue weighted by Gasteiger charge is 2.32. The number of fused-ring (bicyclic) bond motifs is 2.